The maximum atomic E-state index is 13.3. The summed E-state index contributed by atoms with van der Waals surface area (Å²) in [6, 6.07) is -1.43. The third kappa shape index (κ3) is 7.51. The summed E-state index contributed by atoms with van der Waals surface area (Å²) >= 11 is 1.38. The highest BCUT2D eigenvalue weighted by Gasteiger charge is 2.60. The van der Waals surface area contributed by atoms with E-state index in [1.54, 1.807) is 11.8 Å². The summed E-state index contributed by atoms with van der Waals surface area (Å²) in [5.41, 5.74) is 5.34. The number of carbonyl (C=O) groups is 5. The van der Waals surface area contributed by atoms with Crippen molar-refractivity contribution in [2.24, 2.45) is 40.3 Å². The van der Waals surface area contributed by atoms with Gasteiger partial charge in [0.05, 0.1) is 24.1 Å². The van der Waals surface area contributed by atoms with Crippen molar-refractivity contribution in [1.29, 1.82) is 0 Å². The molecular weight excluding hydrogens is 608 g/mol. The highest BCUT2D eigenvalue weighted by atomic mass is 32.2. The van der Waals surface area contributed by atoms with Crippen LogP contribution in [0.3, 0.4) is 0 Å². The van der Waals surface area contributed by atoms with Crippen LogP contribution in [0.2, 0.25) is 0 Å². The fourth-order valence-corrected chi connectivity index (χ4v) is 8.05. The zero-order valence-electron chi connectivity index (χ0n) is 25.4. The van der Waals surface area contributed by atoms with Crippen molar-refractivity contribution >= 4 is 47.7 Å². The predicted molar refractivity (Wildman–Crippen MR) is 164 cm³/mol. The molecule has 3 fully saturated rings. The van der Waals surface area contributed by atoms with Gasteiger partial charge in [-0.2, -0.15) is 5.10 Å². The molecule has 45 heavy (non-hydrogen) atoms. The van der Waals surface area contributed by atoms with Crippen LogP contribution in [0.15, 0.2) is 15.7 Å². The zero-order valence-corrected chi connectivity index (χ0v) is 26.2. The van der Waals surface area contributed by atoms with Gasteiger partial charge in [0.1, 0.15) is 18.6 Å². The molecule has 17 nitrogen and oxygen atoms in total. The van der Waals surface area contributed by atoms with Gasteiger partial charge in [0.2, 0.25) is 23.6 Å². The number of aliphatic hydroxyl groups is 1. The lowest BCUT2D eigenvalue weighted by Crippen LogP contribution is -2.66. The number of β-lactam (4-membered cyclic amide) rings is 1. The van der Waals surface area contributed by atoms with Gasteiger partial charge in [-0.1, -0.05) is 6.92 Å². The van der Waals surface area contributed by atoms with Gasteiger partial charge in [-0.15, -0.1) is 11.8 Å². The minimum atomic E-state index is -1.20. The minimum Gasteiger partial charge on any atom is -0.477 e. The van der Waals surface area contributed by atoms with E-state index in [1.807, 2.05) is 6.92 Å². The average Bonchev–Trinajstić information content (AvgIpc) is 3.56. The number of hydrazone groups is 1. The van der Waals surface area contributed by atoms with Crippen molar-refractivity contribution in [3.05, 3.63) is 10.6 Å². The number of aliphatic hydroxyl groups excluding tert-OH is 1. The van der Waals surface area contributed by atoms with Crippen LogP contribution in [-0.2, 0) is 24.0 Å². The van der Waals surface area contributed by atoms with Gasteiger partial charge in [-0.25, -0.2) is 10.6 Å². The summed E-state index contributed by atoms with van der Waals surface area (Å²) in [5.74, 6) is 7.31. The number of nitrogens with two attached hydrogens (primary N) is 3. The molecule has 4 aliphatic heterocycles. The molecule has 0 bridgehead atoms. The number of hydrogen-bond acceptors (Lipinski definition) is 12. The van der Waals surface area contributed by atoms with E-state index in [1.165, 1.54) is 16.7 Å². The van der Waals surface area contributed by atoms with Gasteiger partial charge in [0.15, 0.2) is 0 Å². The molecule has 0 spiro atoms. The number of carboxylic acids is 1. The van der Waals surface area contributed by atoms with E-state index in [2.05, 4.69) is 21.1 Å². The van der Waals surface area contributed by atoms with Gasteiger partial charge in [-0.3, -0.25) is 24.2 Å². The van der Waals surface area contributed by atoms with Crippen LogP contribution in [-0.4, -0.2) is 130 Å². The van der Waals surface area contributed by atoms with E-state index < -0.39 is 42.0 Å². The summed E-state index contributed by atoms with van der Waals surface area (Å²) in [6.07, 6.45) is 1.82. The molecular formula is C27H44N10O7S. The quantitative estimate of drug-likeness (QED) is 0.0316. The van der Waals surface area contributed by atoms with Gasteiger partial charge in [-0.05, 0) is 26.2 Å². The first-order valence-electron chi connectivity index (χ1n) is 15.1. The maximum absolute atomic E-state index is 13.3. The Hall–Kier alpha value is -3.45. The lowest BCUT2D eigenvalue weighted by atomic mass is 9.78. The second-order valence-electron chi connectivity index (χ2n) is 12.0. The lowest BCUT2D eigenvalue weighted by molar-refractivity contribution is -0.158. The van der Waals surface area contributed by atoms with Crippen molar-refractivity contribution in [3.63, 3.8) is 0 Å². The number of thioether (sulfide) groups is 1. The largest absolute Gasteiger partial charge is 0.477 e. The minimum absolute atomic E-state index is 0.0429. The Kier molecular flexibility index (Phi) is 11.3. The van der Waals surface area contributed by atoms with Crippen LogP contribution in [0.5, 0.6) is 0 Å². The first-order chi connectivity index (χ1) is 21.4. The molecule has 7 atom stereocenters. The highest BCUT2D eigenvalue weighted by Crippen LogP contribution is 2.51. The number of hydrazine groups is 1. The standard InChI is InChI=1S/C27H44N10O7S/c1-13-21-20(14(2)34-19(39)11-36(30)12-33-29)26(42)37(21)22(27(43)44)23(13)45-17-7-18(31-10-17)25(41)35-5-3-15(4-6-35)24(40)32-9-16(38)8-28/h12-18,20-21,31,38H,3-11,28-30H2,1-2H3,(H,32,40)(H,34,39)(H,43,44)/b33-12-/t13-,14-,16?,17+,18+,20-,21?/m1/s1. The molecule has 2 unspecified atom stereocenters. The normalized spacial score (nSPS) is 28.1. The summed E-state index contributed by atoms with van der Waals surface area (Å²) in [5, 5.41) is 32.6. The number of rotatable bonds is 13. The second-order valence-corrected chi connectivity index (χ2v) is 13.3. The number of amides is 4. The zero-order chi connectivity index (χ0) is 33.0. The van der Waals surface area contributed by atoms with Gasteiger partial charge in [0.25, 0.3) is 0 Å². The number of likely N-dealkylation sites (tertiary alicyclic amines) is 1. The number of carboxylic acid groups (broad SMARTS) is 1. The number of nitrogens with zero attached hydrogens (tertiary/aromatic N) is 4. The number of fused-ring (bicyclic) bond motifs is 1. The number of carbonyl (C=O) groups excluding carboxylic acids is 4. The number of hydrogen-bond donors (Lipinski definition) is 8. The van der Waals surface area contributed by atoms with E-state index in [0.717, 1.165) is 11.3 Å². The van der Waals surface area contributed by atoms with Crippen molar-refractivity contribution < 1.29 is 34.2 Å². The molecule has 0 aromatic carbocycles. The van der Waals surface area contributed by atoms with E-state index in [4.69, 9.17) is 17.4 Å². The average molecular weight is 653 g/mol. The van der Waals surface area contributed by atoms with Crippen LogP contribution < -0.4 is 33.4 Å². The fourth-order valence-electron chi connectivity index (χ4n) is 6.57. The second kappa shape index (κ2) is 14.8. The summed E-state index contributed by atoms with van der Waals surface area (Å²) in [7, 11) is 0. The van der Waals surface area contributed by atoms with E-state index in [9.17, 15) is 34.2 Å². The first kappa shape index (κ1) is 34.4. The molecule has 0 aromatic rings. The van der Waals surface area contributed by atoms with Crippen molar-refractivity contribution in [3.8, 4) is 0 Å². The van der Waals surface area contributed by atoms with Crippen molar-refractivity contribution in [2.45, 2.75) is 62.6 Å². The Balaban J connectivity index is 1.31. The lowest BCUT2D eigenvalue weighted by Gasteiger charge is -2.47. The van der Waals surface area contributed by atoms with E-state index >= 15 is 0 Å². The molecule has 0 radical (unpaired) electrons. The number of piperidine rings is 1. The van der Waals surface area contributed by atoms with Crippen LogP contribution in [0.4, 0.5) is 0 Å². The van der Waals surface area contributed by atoms with Crippen molar-refractivity contribution in [2.75, 3.05) is 39.3 Å². The smallest absolute Gasteiger partial charge is 0.353 e. The Morgan fingerprint density at radius 1 is 1.27 bits per heavy atom. The summed E-state index contributed by atoms with van der Waals surface area (Å²) in [6.45, 7) is 4.89. The SMILES string of the molecule is C[C@H]1C(S[C@@H]2CN[C@H](C(=O)N3CCC(C(=O)NCC(O)CN)CC3)C2)=C(C(=O)O)N2C(=O)[C@H]([C@@H](C)NC(=O)CN(N)/C=N\N)C12. The molecule has 4 rings (SSSR count). The van der Waals surface area contributed by atoms with Crippen LogP contribution in [0.25, 0.3) is 0 Å². The molecule has 18 heteroatoms. The maximum Gasteiger partial charge on any atom is 0.353 e. The molecule has 3 saturated heterocycles. The Bertz CT molecular complexity index is 1230. The summed E-state index contributed by atoms with van der Waals surface area (Å²) < 4.78 is 0. The topological polar surface area (TPSA) is 262 Å². The van der Waals surface area contributed by atoms with Crippen LogP contribution in [0, 0.1) is 17.8 Å². The monoisotopic (exact) mass is 652 g/mol. The van der Waals surface area contributed by atoms with Crippen LogP contribution >= 0.6 is 11.8 Å². The third-order valence-corrected chi connectivity index (χ3v) is 10.4. The molecule has 0 aromatic heterocycles. The Morgan fingerprint density at radius 2 is 1.96 bits per heavy atom. The predicted octanol–water partition coefficient (Wildman–Crippen LogP) is -3.52. The van der Waals surface area contributed by atoms with E-state index in [0.29, 0.717) is 43.8 Å². The Labute approximate surface area is 265 Å². The number of aliphatic carboxylic acids is 1. The molecule has 11 N–H and O–H groups in total. The summed E-state index contributed by atoms with van der Waals surface area (Å²) in [4.78, 5) is 67.3. The molecule has 4 amide bonds. The molecule has 0 aliphatic carbocycles. The van der Waals surface area contributed by atoms with Gasteiger partial charge >= 0.3 is 5.97 Å². The number of nitrogens with one attached hydrogen (secondary N) is 3. The molecule has 4 heterocycles. The van der Waals surface area contributed by atoms with Gasteiger partial charge in [0, 0.05) is 60.8 Å². The van der Waals surface area contributed by atoms with Crippen LogP contribution in [0.1, 0.15) is 33.1 Å². The van der Waals surface area contributed by atoms with E-state index in [-0.39, 0.29) is 60.1 Å². The Morgan fingerprint density at radius 3 is 2.58 bits per heavy atom. The molecule has 250 valence electrons. The highest BCUT2D eigenvalue weighted by molar-refractivity contribution is 8.03. The molecule has 0 saturated carbocycles. The first-order valence-corrected chi connectivity index (χ1v) is 15.9. The fraction of sp³-hybridized carbons (Fsp3) is 0.704. The van der Waals surface area contributed by atoms with Crippen molar-refractivity contribution in [1.82, 2.24) is 30.8 Å². The third-order valence-electron chi connectivity index (χ3n) is 8.90. The molecule has 4 aliphatic rings. The van der Waals surface area contributed by atoms with Gasteiger partial charge < -0.3 is 47.5 Å².